The van der Waals surface area contributed by atoms with Gasteiger partial charge in [0.1, 0.15) is 5.75 Å². The number of carbonyl (C=O) groups excluding carboxylic acids is 1. The second-order valence-corrected chi connectivity index (χ2v) is 5.45. The number of rotatable bonds is 9. The molecule has 0 spiro atoms. The zero-order chi connectivity index (χ0) is 15.0. The maximum absolute atomic E-state index is 11.2. The summed E-state index contributed by atoms with van der Waals surface area (Å²) >= 11 is 3.40. The fourth-order valence-electron chi connectivity index (χ4n) is 1.63. The molecule has 0 bridgehead atoms. The Kier molecular flexibility index (Phi) is 7.58. The highest BCUT2D eigenvalue weighted by molar-refractivity contribution is 9.10. The molecule has 0 aliphatic rings. The number of ether oxygens (including phenoxy) is 2. The molecule has 5 nitrogen and oxygen atoms in total. The number of carbonyl (C=O) groups is 1. The first-order chi connectivity index (χ1) is 9.58. The number of anilines is 1. The molecule has 0 saturated carbocycles. The molecular formula is C14H21BrN2O3. The van der Waals surface area contributed by atoms with Crippen molar-refractivity contribution in [2.75, 3.05) is 52.4 Å². The van der Waals surface area contributed by atoms with Gasteiger partial charge in [-0.25, -0.2) is 0 Å². The van der Waals surface area contributed by atoms with Crippen LogP contribution in [0.25, 0.3) is 0 Å². The van der Waals surface area contributed by atoms with E-state index in [0.29, 0.717) is 25.5 Å². The summed E-state index contributed by atoms with van der Waals surface area (Å²) in [4.78, 5) is 14.9. The Labute approximate surface area is 128 Å². The van der Waals surface area contributed by atoms with Gasteiger partial charge in [0, 0.05) is 17.6 Å². The molecule has 1 aromatic carbocycles. The molecule has 1 rings (SSSR count). The second-order valence-electron chi connectivity index (χ2n) is 4.53. The van der Waals surface area contributed by atoms with E-state index < -0.39 is 0 Å². The molecule has 1 aromatic rings. The van der Waals surface area contributed by atoms with Crippen molar-refractivity contribution in [3.63, 3.8) is 0 Å². The summed E-state index contributed by atoms with van der Waals surface area (Å²) in [6.45, 7) is 2.49. The van der Waals surface area contributed by atoms with Gasteiger partial charge in [0.2, 0.25) is 6.41 Å². The van der Waals surface area contributed by atoms with E-state index in [9.17, 15) is 4.79 Å². The van der Waals surface area contributed by atoms with Crippen LogP contribution in [0.2, 0.25) is 0 Å². The van der Waals surface area contributed by atoms with E-state index in [1.807, 2.05) is 32.3 Å². The third kappa shape index (κ3) is 5.48. The van der Waals surface area contributed by atoms with Crippen molar-refractivity contribution in [2.24, 2.45) is 0 Å². The van der Waals surface area contributed by atoms with Crippen LogP contribution in [0.4, 0.5) is 5.69 Å². The van der Waals surface area contributed by atoms with E-state index in [2.05, 4.69) is 20.8 Å². The van der Waals surface area contributed by atoms with E-state index in [4.69, 9.17) is 9.47 Å². The topological polar surface area (TPSA) is 42.0 Å². The Bertz CT molecular complexity index is 427. The molecule has 0 unspecified atom stereocenters. The molecule has 6 heteroatoms. The van der Waals surface area contributed by atoms with Crippen molar-refractivity contribution >= 4 is 28.0 Å². The lowest BCUT2D eigenvalue weighted by molar-refractivity contribution is -0.107. The monoisotopic (exact) mass is 344 g/mol. The summed E-state index contributed by atoms with van der Waals surface area (Å²) in [6, 6.07) is 5.55. The summed E-state index contributed by atoms with van der Waals surface area (Å²) in [5, 5.41) is 0. The lowest BCUT2D eigenvalue weighted by atomic mass is 10.2. The summed E-state index contributed by atoms with van der Waals surface area (Å²) in [6.07, 6.45) is 0.791. The fraction of sp³-hybridized carbons (Fsp3) is 0.500. The number of likely N-dealkylation sites (N-methyl/N-ethyl adjacent to an activating group) is 1. The third-order valence-corrected chi connectivity index (χ3v) is 3.23. The van der Waals surface area contributed by atoms with E-state index in [1.54, 1.807) is 12.0 Å². The van der Waals surface area contributed by atoms with Gasteiger partial charge in [0.25, 0.3) is 0 Å². The van der Waals surface area contributed by atoms with E-state index in [-0.39, 0.29) is 0 Å². The molecule has 112 valence electrons. The van der Waals surface area contributed by atoms with E-state index in [1.165, 1.54) is 0 Å². The molecule has 0 heterocycles. The Morgan fingerprint density at radius 2 is 1.95 bits per heavy atom. The quantitative estimate of drug-likeness (QED) is 0.507. The predicted octanol–water partition coefficient (Wildman–Crippen LogP) is 2.00. The van der Waals surface area contributed by atoms with Gasteiger partial charge in [-0.15, -0.1) is 0 Å². The van der Waals surface area contributed by atoms with Crippen molar-refractivity contribution in [1.29, 1.82) is 0 Å². The molecule has 0 aliphatic carbocycles. The van der Waals surface area contributed by atoms with Crippen LogP contribution >= 0.6 is 15.9 Å². The molecule has 1 amide bonds. The minimum absolute atomic E-state index is 0.488. The number of hydrogen-bond acceptors (Lipinski definition) is 4. The van der Waals surface area contributed by atoms with Gasteiger partial charge >= 0.3 is 0 Å². The van der Waals surface area contributed by atoms with Crippen LogP contribution in [0.3, 0.4) is 0 Å². The Balaban J connectivity index is 2.57. The average Bonchev–Trinajstić information content (AvgIpc) is 2.42. The highest BCUT2D eigenvalue weighted by atomic mass is 79.9. The van der Waals surface area contributed by atoms with Crippen molar-refractivity contribution in [3.05, 3.63) is 22.7 Å². The third-order valence-electron chi connectivity index (χ3n) is 2.74. The molecular weight excluding hydrogens is 324 g/mol. The van der Waals surface area contributed by atoms with Crippen molar-refractivity contribution < 1.29 is 14.3 Å². The maximum Gasteiger partial charge on any atom is 0.214 e. The Morgan fingerprint density at radius 3 is 2.55 bits per heavy atom. The standard InChI is InChI=1S/C14H21BrN2O3/c1-16(2)6-8-20-9-7-17(11-18)13-10-12(15)4-5-14(13)19-3/h4-5,10-11H,6-9H2,1-3H3. The minimum atomic E-state index is 0.488. The van der Waals surface area contributed by atoms with Crippen LogP contribution in [-0.4, -0.2) is 58.8 Å². The van der Waals surface area contributed by atoms with Crippen LogP contribution in [0.15, 0.2) is 22.7 Å². The molecule has 0 aliphatic heterocycles. The summed E-state index contributed by atoms with van der Waals surface area (Å²) in [5.74, 6) is 0.661. The highest BCUT2D eigenvalue weighted by Gasteiger charge is 2.11. The van der Waals surface area contributed by atoms with Crippen LogP contribution in [-0.2, 0) is 9.53 Å². The molecule has 0 atom stereocenters. The fourth-order valence-corrected chi connectivity index (χ4v) is 1.98. The number of halogens is 1. The summed E-state index contributed by atoms with van der Waals surface area (Å²) in [7, 11) is 5.57. The largest absolute Gasteiger partial charge is 0.495 e. The predicted molar refractivity (Wildman–Crippen MR) is 83.5 cm³/mol. The zero-order valence-electron chi connectivity index (χ0n) is 12.1. The van der Waals surface area contributed by atoms with Gasteiger partial charge in [0.05, 0.1) is 26.0 Å². The maximum atomic E-state index is 11.2. The smallest absolute Gasteiger partial charge is 0.214 e. The number of methoxy groups -OCH3 is 1. The van der Waals surface area contributed by atoms with E-state index >= 15 is 0 Å². The average molecular weight is 345 g/mol. The first-order valence-corrected chi connectivity index (χ1v) is 7.15. The number of benzene rings is 1. The van der Waals surface area contributed by atoms with Gasteiger partial charge in [0.15, 0.2) is 0 Å². The normalized spacial score (nSPS) is 10.7. The van der Waals surface area contributed by atoms with Crippen LogP contribution in [0, 0.1) is 0 Å². The van der Waals surface area contributed by atoms with Crippen molar-refractivity contribution in [1.82, 2.24) is 4.90 Å². The molecule has 20 heavy (non-hydrogen) atoms. The molecule has 0 radical (unpaired) electrons. The zero-order valence-corrected chi connectivity index (χ0v) is 13.7. The Morgan fingerprint density at radius 1 is 1.25 bits per heavy atom. The van der Waals surface area contributed by atoms with Crippen molar-refractivity contribution in [2.45, 2.75) is 0 Å². The second kappa shape index (κ2) is 8.94. The van der Waals surface area contributed by atoms with Gasteiger partial charge < -0.3 is 19.3 Å². The van der Waals surface area contributed by atoms with Gasteiger partial charge in [-0.2, -0.15) is 0 Å². The molecule has 0 N–H and O–H groups in total. The minimum Gasteiger partial charge on any atom is -0.495 e. The number of nitrogens with zero attached hydrogens (tertiary/aromatic N) is 2. The number of amides is 1. The lowest BCUT2D eigenvalue weighted by Crippen LogP contribution is -2.27. The molecule has 0 aromatic heterocycles. The molecule has 0 fully saturated rings. The Hall–Kier alpha value is -1.11. The number of hydrogen-bond donors (Lipinski definition) is 0. The van der Waals surface area contributed by atoms with Crippen LogP contribution < -0.4 is 9.64 Å². The van der Waals surface area contributed by atoms with Crippen LogP contribution in [0.5, 0.6) is 5.75 Å². The van der Waals surface area contributed by atoms with Crippen LogP contribution in [0.1, 0.15) is 0 Å². The van der Waals surface area contributed by atoms with Crippen molar-refractivity contribution in [3.8, 4) is 5.75 Å². The summed E-state index contributed by atoms with van der Waals surface area (Å²) in [5.41, 5.74) is 0.730. The van der Waals surface area contributed by atoms with Gasteiger partial charge in [-0.1, -0.05) is 15.9 Å². The molecule has 0 saturated heterocycles. The van der Waals surface area contributed by atoms with E-state index in [0.717, 1.165) is 23.1 Å². The lowest BCUT2D eigenvalue weighted by Gasteiger charge is -2.20. The highest BCUT2D eigenvalue weighted by Crippen LogP contribution is 2.30. The SMILES string of the molecule is COc1ccc(Br)cc1N(C=O)CCOCCN(C)C. The first kappa shape index (κ1) is 16.9. The van der Waals surface area contributed by atoms with Gasteiger partial charge in [-0.3, -0.25) is 4.79 Å². The van der Waals surface area contributed by atoms with Gasteiger partial charge in [-0.05, 0) is 32.3 Å². The summed E-state index contributed by atoms with van der Waals surface area (Å²) < 4.78 is 11.7. The first-order valence-electron chi connectivity index (χ1n) is 6.36.